The molecule has 0 spiro atoms. The minimum Gasteiger partial charge on any atom is -0.330 e. The molecule has 152 valence electrons. The maximum atomic E-state index is 13.8. The van der Waals surface area contributed by atoms with Crippen molar-refractivity contribution in [1.82, 2.24) is 0 Å². The summed E-state index contributed by atoms with van der Waals surface area (Å²) in [6, 6.07) is 26.2. The fourth-order valence-corrected chi connectivity index (χ4v) is 7.36. The van der Waals surface area contributed by atoms with Crippen LogP contribution in [0.3, 0.4) is 0 Å². The van der Waals surface area contributed by atoms with Crippen molar-refractivity contribution in [1.29, 1.82) is 0 Å². The molecule has 0 bridgehead atoms. The van der Waals surface area contributed by atoms with E-state index in [-0.39, 0.29) is 0 Å². The number of rotatable bonds is 6. The molecule has 3 aromatic rings. The largest absolute Gasteiger partial charge is 0.330 e. The van der Waals surface area contributed by atoms with Crippen LogP contribution in [0.2, 0.25) is 0 Å². The molecule has 0 atom stereocenters. The molecule has 0 aliphatic carbocycles. The Kier molecular flexibility index (Phi) is 6.47. The van der Waals surface area contributed by atoms with Crippen molar-refractivity contribution in [2.24, 2.45) is 0 Å². The SMILES string of the molecule is O=P1(Nc2ccc(SC(F)F)cc2)C=C(c2ccccc2)SC(c2ccccc2)=C1. The van der Waals surface area contributed by atoms with Gasteiger partial charge in [-0.25, -0.2) is 0 Å². The molecule has 0 unspecified atom stereocenters. The van der Waals surface area contributed by atoms with Gasteiger partial charge in [-0.2, -0.15) is 8.78 Å². The topological polar surface area (TPSA) is 29.1 Å². The highest BCUT2D eigenvalue weighted by molar-refractivity contribution is 8.17. The minimum absolute atomic E-state index is 0.467. The molecular formula is C23H18F2NOPS2. The van der Waals surface area contributed by atoms with Gasteiger partial charge in [-0.15, -0.1) is 0 Å². The molecule has 1 heterocycles. The fraction of sp³-hybridized carbons (Fsp3) is 0.0435. The summed E-state index contributed by atoms with van der Waals surface area (Å²) >= 11 is 2.07. The zero-order valence-electron chi connectivity index (χ0n) is 15.7. The third-order valence-corrected chi connectivity index (χ3v) is 8.45. The van der Waals surface area contributed by atoms with Crippen LogP contribution in [0.1, 0.15) is 11.1 Å². The number of hydrogen-bond acceptors (Lipinski definition) is 3. The summed E-state index contributed by atoms with van der Waals surface area (Å²) in [6.07, 6.45) is 0. The summed E-state index contributed by atoms with van der Waals surface area (Å²) in [7, 11) is -3.07. The van der Waals surface area contributed by atoms with Crippen LogP contribution in [-0.2, 0) is 4.57 Å². The van der Waals surface area contributed by atoms with Crippen LogP contribution in [0.15, 0.2) is 101 Å². The number of benzene rings is 3. The third-order valence-electron chi connectivity index (χ3n) is 4.34. The second-order valence-electron chi connectivity index (χ2n) is 6.54. The average Bonchev–Trinajstić information content (AvgIpc) is 2.75. The van der Waals surface area contributed by atoms with E-state index in [1.165, 1.54) is 0 Å². The molecule has 0 saturated carbocycles. The van der Waals surface area contributed by atoms with E-state index in [0.29, 0.717) is 22.3 Å². The molecule has 0 amide bonds. The Morgan fingerprint density at radius 3 is 1.73 bits per heavy atom. The lowest BCUT2D eigenvalue weighted by molar-refractivity contribution is 0.252. The quantitative estimate of drug-likeness (QED) is 0.297. The first-order valence-corrected chi connectivity index (χ1v) is 12.7. The van der Waals surface area contributed by atoms with Crippen LogP contribution < -0.4 is 5.09 Å². The lowest BCUT2D eigenvalue weighted by atomic mass is 10.2. The fourth-order valence-electron chi connectivity index (χ4n) is 3.01. The van der Waals surface area contributed by atoms with Gasteiger partial charge in [0.1, 0.15) is 0 Å². The van der Waals surface area contributed by atoms with E-state index < -0.39 is 13.1 Å². The van der Waals surface area contributed by atoms with Gasteiger partial charge < -0.3 is 5.09 Å². The number of hydrogen-bond donors (Lipinski definition) is 1. The predicted octanol–water partition coefficient (Wildman–Crippen LogP) is 8.44. The van der Waals surface area contributed by atoms with Gasteiger partial charge in [0, 0.05) is 32.0 Å². The number of halogens is 2. The molecule has 1 aliphatic rings. The van der Waals surface area contributed by atoms with Crippen molar-refractivity contribution >= 4 is 46.3 Å². The van der Waals surface area contributed by atoms with Gasteiger partial charge in [0.15, 0.2) is 0 Å². The monoisotopic (exact) mass is 457 g/mol. The third kappa shape index (κ3) is 5.25. The highest BCUT2D eigenvalue weighted by Gasteiger charge is 2.26. The summed E-state index contributed by atoms with van der Waals surface area (Å²) in [4.78, 5) is 2.30. The molecule has 1 aliphatic heterocycles. The van der Waals surface area contributed by atoms with E-state index in [1.54, 1.807) is 47.7 Å². The van der Waals surface area contributed by atoms with Crippen LogP contribution in [0.25, 0.3) is 9.81 Å². The number of anilines is 1. The highest BCUT2D eigenvalue weighted by Crippen LogP contribution is 2.60. The summed E-state index contributed by atoms with van der Waals surface area (Å²) in [6.45, 7) is 0. The Morgan fingerprint density at radius 1 is 0.767 bits per heavy atom. The lowest BCUT2D eigenvalue weighted by Crippen LogP contribution is -1.98. The maximum absolute atomic E-state index is 13.8. The molecule has 1 N–H and O–H groups in total. The van der Waals surface area contributed by atoms with Crippen molar-refractivity contribution in [2.45, 2.75) is 10.7 Å². The molecule has 4 rings (SSSR count). The number of alkyl halides is 2. The first-order chi connectivity index (χ1) is 14.5. The molecule has 7 heteroatoms. The minimum atomic E-state index is -3.07. The molecule has 0 fully saturated rings. The number of nitrogens with one attached hydrogen (secondary N) is 1. The van der Waals surface area contributed by atoms with Crippen LogP contribution in [-0.4, -0.2) is 5.76 Å². The maximum Gasteiger partial charge on any atom is 0.288 e. The normalized spacial score (nSPS) is 15.4. The second-order valence-corrected chi connectivity index (χ2v) is 10.9. The average molecular weight is 458 g/mol. The first-order valence-electron chi connectivity index (χ1n) is 9.18. The van der Waals surface area contributed by atoms with Crippen molar-refractivity contribution in [2.75, 3.05) is 5.09 Å². The summed E-state index contributed by atoms with van der Waals surface area (Å²) < 4.78 is 38.9. The molecule has 2 nitrogen and oxygen atoms in total. The van der Waals surface area contributed by atoms with Gasteiger partial charge in [-0.05, 0) is 35.4 Å². The molecule has 30 heavy (non-hydrogen) atoms. The number of thioether (sulfide) groups is 2. The van der Waals surface area contributed by atoms with Gasteiger partial charge in [-0.1, -0.05) is 84.2 Å². The van der Waals surface area contributed by atoms with Gasteiger partial charge in [-0.3, -0.25) is 4.57 Å². The molecule has 0 saturated heterocycles. The lowest BCUT2D eigenvalue weighted by Gasteiger charge is -2.23. The smallest absolute Gasteiger partial charge is 0.288 e. The van der Waals surface area contributed by atoms with Gasteiger partial charge in [0.2, 0.25) is 7.29 Å². The van der Waals surface area contributed by atoms with Gasteiger partial charge in [0.25, 0.3) is 5.76 Å². The first kappa shape index (κ1) is 21.0. The Morgan fingerprint density at radius 2 is 1.27 bits per heavy atom. The Balaban J connectivity index is 1.68. The van der Waals surface area contributed by atoms with Crippen LogP contribution in [0.5, 0.6) is 0 Å². The zero-order chi connectivity index (χ0) is 21.0. The van der Waals surface area contributed by atoms with E-state index in [0.717, 1.165) is 20.9 Å². The van der Waals surface area contributed by atoms with Crippen molar-refractivity contribution in [3.05, 3.63) is 108 Å². The van der Waals surface area contributed by atoms with E-state index in [2.05, 4.69) is 5.09 Å². The molecule has 3 aromatic carbocycles. The summed E-state index contributed by atoms with van der Waals surface area (Å²) in [5.74, 6) is 1.09. The van der Waals surface area contributed by atoms with Gasteiger partial charge in [0.05, 0.1) is 0 Å². The standard InChI is InChI=1S/C23H18F2NOPS2/c24-23(25)29-20-13-11-19(12-14-20)26-28(27)15-21(17-7-3-1-4-8-17)30-22(16-28)18-9-5-2-6-10-18/h1-16,23H,(H,26,27). The Hall–Kier alpha value is -2.27. The van der Waals surface area contributed by atoms with Crippen LogP contribution >= 0.6 is 30.8 Å². The van der Waals surface area contributed by atoms with Crippen molar-refractivity contribution in [3.8, 4) is 0 Å². The summed E-state index contributed by atoms with van der Waals surface area (Å²) in [5.41, 5.74) is 2.61. The van der Waals surface area contributed by atoms with E-state index >= 15 is 0 Å². The summed E-state index contributed by atoms with van der Waals surface area (Å²) in [5, 5.41) is 3.13. The zero-order valence-corrected chi connectivity index (χ0v) is 18.3. The Labute approximate surface area is 182 Å². The van der Waals surface area contributed by atoms with E-state index in [9.17, 15) is 13.3 Å². The van der Waals surface area contributed by atoms with Crippen LogP contribution in [0.4, 0.5) is 14.5 Å². The van der Waals surface area contributed by atoms with E-state index in [4.69, 9.17) is 0 Å². The Bertz CT molecular complexity index is 1060. The van der Waals surface area contributed by atoms with Crippen molar-refractivity contribution in [3.63, 3.8) is 0 Å². The highest BCUT2D eigenvalue weighted by atomic mass is 32.2. The van der Waals surface area contributed by atoms with Crippen molar-refractivity contribution < 1.29 is 13.3 Å². The van der Waals surface area contributed by atoms with E-state index in [1.807, 2.05) is 60.7 Å². The molecule has 0 radical (unpaired) electrons. The second kappa shape index (κ2) is 9.25. The predicted molar refractivity (Wildman–Crippen MR) is 126 cm³/mol. The molecule has 0 aromatic heterocycles. The van der Waals surface area contributed by atoms with Gasteiger partial charge >= 0.3 is 0 Å². The van der Waals surface area contributed by atoms with Crippen LogP contribution in [0, 0.1) is 0 Å². The molecular weight excluding hydrogens is 439 g/mol.